The summed E-state index contributed by atoms with van der Waals surface area (Å²) >= 11 is 0. The SMILES string of the molecule is CN1C[C@H]2CC[C@@H](C1)N(Cc1ccccc1OC(F)F)C2. The zero-order valence-corrected chi connectivity index (χ0v) is 12.3. The summed E-state index contributed by atoms with van der Waals surface area (Å²) in [5.41, 5.74) is 0.855. The summed E-state index contributed by atoms with van der Waals surface area (Å²) in [7, 11) is 2.17. The lowest BCUT2D eigenvalue weighted by atomic mass is 9.94. The van der Waals surface area contributed by atoms with Crippen molar-refractivity contribution in [1.82, 2.24) is 9.80 Å². The van der Waals surface area contributed by atoms with Gasteiger partial charge in [0, 0.05) is 37.8 Å². The molecule has 2 atom stereocenters. The first-order valence-corrected chi connectivity index (χ1v) is 7.57. The molecule has 21 heavy (non-hydrogen) atoms. The largest absolute Gasteiger partial charge is 0.434 e. The Hall–Kier alpha value is -1.20. The summed E-state index contributed by atoms with van der Waals surface area (Å²) in [5.74, 6) is 0.998. The summed E-state index contributed by atoms with van der Waals surface area (Å²) in [5, 5.41) is 0. The fraction of sp³-hybridized carbons (Fsp3) is 0.625. The average Bonchev–Trinajstić information content (AvgIpc) is 2.69. The van der Waals surface area contributed by atoms with E-state index in [0.717, 1.165) is 25.2 Å². The number of hydrogen-bond acceptors (Lipinski definition) is 3. The van der Waals surface area contributed by atoms with Crippen molar-refractivity contribution in [1.29, 1.82) is 0 Å². The molecule has 0 N–H and O–H groups in total. The Kier molecular flexibility index (Phi) is 4.40. The Labute approximate surface area is 124 Å². The van der Waals surface area contributed by atoms with Crippen LogP contribution in [-0.4, -0.2) is 49.1 Å². The van der Waals surface area contributed by atoms with Crippen molar-refractivity contribution in [2.75, 3.05) is 26.7 Å². The van der Waals surface area contributed by atoms with E-state index in [1.54, 1.807) is 12.1 Å². The molecule has 1 aromatic carbocycles. The van der Waals surface area contributed by atoms with Crippen LogP contribution in [0.25, 0.3) is 0 Å². The van der Waals surface area contributed by atoms with Crippen molar-refractivity contribution in [3.8, 4) is 5.75 Å². The predicted molar refractivity (Wildman–Crippen MR) is 77.5 cm³/mol. The molecule has 3 saturated heterocycles. The smallest absolute Gasteiger partial charge is 0.387 e. The average molecular weight is 296 g/mol. The highest BCUT2D eigenvalue weighted by Crippen LogP contribution is 2.30. The molecule has 2 bridgehead atoms. The minimum absolute atomic E-state index is 0.306. The monoisotopic (exact) mass is 296 g/mol. The zero-order chi connectivity index (χ0) is 14.8. The predicted octanol–water partition coefficient (Wildman–Crippen LogP) is 2.81. The molecule has 3 fully saturated rings. The van der Waals surface area contributed by atoms with E-state index in [1.165, 1.54) is 12.8 Å². The second-order valence-electron chi connectivity index (χ2n) is 6.23. The second kappa shape index (κ2) is 6.28. The number of nitrogens with zero attached hydrogens (tertiary/aromatic N) is 2. The number of likely N-dealkylation sites (N-methyl/N-ethyl adjacent to an activating group) is 1. The minimum atomic E-state index is -2.77. The Morgan fingerprint density at radius 1 is 1.19 bits per heavy atom. The topological polar surface area (TPSA) is 15.7 Å². The molecule has 3 aliphatic rings. The van der Waals surface area contributed by atoms with E-state index in [1.807, 2.05) is 12.1 Å². The van der Waals surface area contributed by atoms with Crippen LogP contribution in [0.2, 0.25) is 0 Å². The van der Waals surface area contributed by atoms with Crippen molar-refractivity contribution in [3.63, 3.8) is 0 Å². The van der Waals surface area contributed by atoms with Crippen molar-refractivity contribution < 1.29 is 13.5 Å². The van der Waals surface area contributed by atoms with Crippen molar-refractivity contribution in [2.45, 2.75) is 32.0 Å². The molecule has 0 radical (unpaired) electrons. The van der Waals surface area contributed by atoms with Crippen LogP contribution in [0, 0.1) is 5.92 Å². The van der Waals surface area contributed by atoms with Gasteiger partial charge in [-0.2, -0.15) is 8.78 Å². The molecular formula is C16H22F2N2O. The molecule has 5 heteroatoms. The lowest BCUT2D eigenvalue weighted by Gasteiger charge is -2.36. The van der Waals surface area contributed by atoms with Gasteiger partial charge in [0.25, 0.3) is 0 Å². The van der Waals surface area contributed by atoms with E-state index in [9.17, 15) is 8.78 Å². The summed E-state index contributed by atoms with van der Waals surface area (Å²) in [6, 6.07) is 7.66. The number of rotatable bonds is 4. The van der Waals surface area contributed by atoms with Gasteiger partial charge < -0.3 is 9.64 Å². The van der Waals surface area contributed by atoms with Crippen LogP contribution in [0.3, 0.4) is 0 Å². The van der Waals surface area contributed by atoms with Gasteiger partial charge in [0.15, 0.2) is 0 Å². The van der Waals surface area contributed by atoms with Crippen LogP contribution in [0.15, 0.2) is 24.3 Å². The fourth-order valence-electron chi connectivity index (χ4n) is 3.67. The van der Waals surface area contributed by atoms with E-state index in [2.05, 4.69) is 21.6 Å². The highest BCUT2D eigenvalue weighted by molar-refractivity contribution is 5.33. The molecule has 3 nitrogen and oxygen atoms in total. The van der Waals surface area contributed by atoms with Gasteiger partial charge in [0.2, 0.25) is 0 Å². The Morgan fingerprint density at radius 3 is 2.81 bits per heavy atom. The van der Waals surface area contributed by atoms with Gasteiger partial charge in [0.05, 0.1) is 0 Å². The highest BCUT2D eigenvalue weighted by Gasteiger charge is 2.33. The molecule has 0 aliphatic carbocycles. The maximum Gasteiger partial charge on any atom is 0.387 e. The molecular weight excluding hydrogens is 274 g/mol. The first kappa shape index (κ1) is 14.7. The number of alkyl halides is 2. The van der Waals surface area contributed by atoms with Gasteiger partial charge in [-0.1, -0.05) is 18.2 Å². The molecule has 116 valence electrons. The van der Waals surface area contributed by atoms with Crippen molar-refractivity contribution in [3.05, 3.63) is 29.8 Å². The third kappa shape index (κ3) is 3.52. The Bertz CT molecular complexity index is 483. The second-order valence-corrected chi connectivity index (χ2v) is 6.23. The van der Waals surface area contributed by atoms with Gasteiger partial charge in [-0.3, -0.25) is 4.90 Å². The number of ether oxygens (including phenoxy) is 1. The van der Waals surface area contributed by atoms with Crippen molar-refractivity contribution in [2.24, 2.45) is 5.92 Å². The minimum Gasteiger partial charge on any atom is -0.434 e. The summed E-state index contributed by atoms with van der Waals surface area (Å²) in [4.78, 5) is 4.83. The number of piperidine rings is 1. The van der Waals surface area contributed by atoms with Gasteiger partial charge in [-0.25, -0.2) is 0 Å². The van der Waals surface area contributed by atoms with Gasteiger partial charge in [-0.15, -0.1) is 0 Å². The summed E-state index contributed by atoms with van der Waals surface area (Å²) in [6.07, 6.45) is 2.48. The first-order chi connectivity index (χ1) is 10.1. The molecule has 4 rings (SSSR count). The number of hydrogen-bond donors (Lipinski definition) is 0. The zero-order valence-electron chi connectivity index (χ0n) is 12.3. The van der Waals surface area contributed by atoms with Crippen LogP contribution in [0.4, 0.5) is 8.78 Å². The van der Waals surface area contributed by atoms with E-state index in [-0.39, 0.29) is 0 Å². The molecule has 3 aliphatic heterocycles. The molecule has 0 unspecified atom stereocenters. The normalized spacial score (nSPS) is 27.0. The highest BCUT2D eigenvalue weighted by atomic mass is 19.3. The van der Waals surface area contributed by atoms with E-state index < -0.39 is 6.61 Å². The lowest BCUT2D eigenvalue weighted by Crippen LogP contribution is -2.43. The van der Waals surface area contributed by atoms with Crippen LogP contribution in [-0.2, 0) is 6.54 Å². The number of para-hydroxylation sites is 1. The quantitative estimate of drug-likeness (QED) is 0.850. The Balaban J connectivity index is 1.74. The van der Waals surface area contributed by atoms with E-state index in [0.29, 0.717) is 24.3 Å². The number of fused-ring (bicyclic) bond motifs is 4. The van der Waals surface area contributed by atoms with E-state index >= 15 is 0 Å². The van der Waals surface area contributed by atoms with Crippen LogP contribution in [0.1, 0.15) is 18.4 Å². The van der Waals surface area contributed by atoms with Gasteiger partial charge in [-0.05, 0) is 31.9 Å². The standard InChI is InChI=1S/C16H22F2N2O/c1-19-8-12-6-7-14(11-19)20(9-12)10-13-4-2-3-5-15(13)21-16(17)18/h2-5,12,14,16H,6-11H2,1H3/t12-,14+/m1/s1. The third-order valence-corrected chi connectivity index (χ3v) is 4.57. The lowest BCUT2D eigenvalue weighted by molar-refractivity contribution is -0.0509. The summed E-state index contributed by atoms with van der Waals surface area (Å²) in [6.45, 7) is 1.19. The molecule has 0 spiro atoms. The van der Waals surface area contributed by atoms with Gasteiger partial charge >= 0.3 is 6.61 Å². The Morgan fingerprint density at radius 2 is 2.00 bits per heavy atom. The molecule has 0 amide bonds. The summed E-state index contributed by atoms with van der Waals surface area (Å²) < 4.78 is 29.7. The van der Waals surface area contributed by atoms with E-state index in [4.69, 9.17) is 0 Å². The van der Waals surface area contributed by atoms with Gasteiger partial charge in [0.1, 0.15) is 5.75 Å². The maximum absolute atomic E-state index is 12.5. The van der Waals surface area contributed by atoms with Crippen molar-refractivity contribution >= 4 is 0 Å². The molecule has 1 aromatic rings. The molecule has 0 saturated carbocycles. The van der Waals surface area contributed by atoms with Crippen LogP contribution >= 0.6 is 0 Å². The molecule has 3 heterocycles. The molecule has 0 aromatic heterocycles. The third-order valence-electron chi connectivity index (χ3n) is 4.57. The maximum atomic E-state index is 12.5. The van der Waals surface area contributed by atoms with Crippen LogP contribution in [0.5, 0.6) is 5.75 Å². The first-order valence-electron chi connectivity index (χ1n) is 7.57. The van der Waals surface area contributed by atoms with Crippen LogP contribution < -0.4 is 4.74 Å². The number of benzene rings is 1. The fourth-order valence-corrected chi connectivity index (χ4v) is 3.67. The number of halogens is 2.